The molecule has 1 saturated heterocycles. The van der Waals surface area contributed by atoms with Crippen LogP contribution in [0.5, 0.6) is 0 Å². The van der Waals surface area contributed by atoms with Crippen molar-refractivity contribution in [2.24, 2.45) is 0 Å². The molecule has 1 aliphatic rings. The number of rotatable bonds is 7. The zero-order valence-electron chi connectivity index (χ0n) is 22.1. The second kappa shape index (κ2) is 11.5. The molecule has 1 aliphatic heterocycles. The molecule has 1 N–H and O–H groups in total. The standard InChI is InChI=1S/C26H29Cl2F3N4O4S/c1-4-40(38,39)21-8-7-16(27)10-15(21)12-35-24(36)18-11-20(26(29,30)31)19(22(28)23(18)32-25(35)37)14-34-9-5-6-17(13-34)33(2)3/h7-8,10-11,17H,4-6,9,12-14H2,1-3H3,(H,32,37). The van der Waals surface area contributed by atoms with E-state index in [0.717, 1.165) is 12.8 Å². The molecule has 0 bridgehead atoms. The molecule has 4 rings (SSSR count). The van der Waals surface area contributed by atoms with Crippen LogP contribution in [0.1, 0.15) is 36.5 Å². The van der Waals surface area contributed by atoms with Crippen LogP contribution in [-0.2, 0) is 29.1 Å². The number of fused-ring (bicyclic) bond motifs is 1. The van der Waals surface area contributed by atoms with Crippen molar-refractivity contribution in [3.63, 3.8) is 0 Å². The number of piperidine rings is 1. The molecule has 8 nitrogen and oxygen atoms in total. The van der Waals surface area contributed by atoms with Gasteiger partial charge in [-0.25, -0.2) is 13.2 Å². The van der Waals surface area contributed by atoms with Crippen molar-refractivity contribution in [3.05, 3.63) is 71.8 Å². The summed E-state index contributed by atoms with van der Waals surface area (Å²) in [5.74, 6) is -0.246. The fourth-order valence-corrected chi connectivity index (χ4v) is 6.68. The Bertz CT molecular complexity index is 1670. The summed E-state index contributed by atoms with van der Waals surface area (Å²) in [6, 6.07) is 4.81. The van der Waals surface area contributed by atoms with E-state index in [-0.39, 0.29) is 49.9 Å². The summed E-state index contributed by atoms with van der Waals surface area (Å²) in [4.78, 5) is 32.7. The number of nitrogens with zero attached hydrogens (tertiary/aromatic N) is 3. The van der Waals surface area contributed by atoms with Gasteiger partial charge in [0, 0.05) is 24.2 Å². The zero-order valence-corrected chi connectivity index (χ0v) is 24.4. The molecule has 218 valence electrons. The maximum atomic E-state index is 14.3. The van der Waals surface area contributed by atoms with Gasteiger partial charge in [0.1, 0.15) is 0 Å². The Labute approximate surface area is 239 Å². The minimum Gasteiger partial charge on any atom is -0.305 e. The van der Waals surface area contributed by atoms with Crippen LogP contribution < -0.4 is 11.2 Å². The van der Waals surface area contributed by atoms with Crippen LogP contribution in [-0.4, -0.2) is 66.7 Å². The van der Waals surface area contributed by atoms with E-state index in [1.165, 1.54) is 25.1 Å². The number of hydrogen-bond acceptors (Lipinski definition) is 6. The molecule has 0 aliphatic carbocycles. The van der Waals surface area contributed by atoms with Crippen molar-refractivity contribution in [3.8, 4) is 0 Å². The lowest BCUT2D eigenvalue weighted by atomic mass is 10.00. The first kappa shape index (κ1) is 30.6. The maximum absolute atomic E-state index is 14.3. The van der Waals surface area contributed by atoms with Crippen LogP contribution in [0.3, 0.4) is 0 Å². The SMILES string of the molecule is CCS(=O)(=O)c1ccc(Cl)cc1Cn1c(=O)[nH]c2c(Cl)c(CN3CCCC(N(C)C)C3)c(C(F)(F)F)cc2c1=O. The lowest BCUT2D eigenvalue weighted by molar-refractivity contribution is -0.138. The molecule has 0 spiro atoms. The smallest absolute Gasteiger partial charge is 0.305 e. The lowest BCUT2D eigenvalue weighted by Crippen LogP contribution is -2.44. The second-order valence-corrected chi connectivity index (χ2v) is 13.2. The van der Waals surface area contributed by atoms with Crippen LogP contribution in [0, 0.1) is 0 Å². The number of halogens is 5. The summed E-state index contributed by atoms with van der Waals surface area (Å²) in [7, 11) is 0.0698. The third-order valence-corrected chi connectivity index (χ3v) is 9.77. The highest BCUT2D eigenvalue weighted by atomic mass is 35.5. The monoisotopic (exact) mass is 620 g/mol. The predicted octanol–water partition coefficient (Wildman–Crippen LogP) is 4.38. The van der Waals surface area contributed by atoms with Gasteiger partial charge in [-0.2, -0.15) is 13.2 Å². The first-order valence-corrected chi connectivity index (χ1v) is 15.0. The van der Waals surface area contributed by atoms with Crippen molar-refractivity contribution >= 4 is 43.9 Å². The van der Waals surface area contributed by atoms with Crippen molar-refractivity contribution in [2.75, 3.05) is 32.9 Å². The molecule has 3 aromatic rings. The number of aromatic amines is 1. The van der Waals surface area contributed by atoms with E-state index in [9.17, 15) is 31.2 Å². The summed E-state index contributed by atoms with van der Waals surface area (Å²) in [5, 5.41) is -0.626. The summed E-state index contributed by atoms with van der Waals surface area (Å²) < 4.78 is 68.7. The topological polar surface area (TPSA) is 95.5 Å². The summed E-state index contributed by atoms with van der Waals surface area (Å²) in [6.07, 6.45) is -3.11. The van der Waals surface area contributed by atoms with E-state index in [1.54, 1.807) is 0 Å². The summed E-state index contributed by atoms with van der Waals surface area (Å²) >= 11 is 12.5. The molecule has 0 radical (unpaired) electrons. The number of likely N-dealkylation sites (tertiary alicyclic amines) is 1. The first-order valence-electron chi connectivity index (χ1n) is 12.6. The van der Waals surface area contributed by atoms with Crippen LogP contribution in [0.4, 0.5) is 13.2 Å². The number of hydrogen-bond donors (Lipinski definition) is 1. The van der Waals surface area contributed by atoms with E-state index in [0.29, 0.717) is 23.7 Å². The molecule has 1 fully saturated rings. The molecule has 14 heteroatoms. The fourth-order valence-electron chi connectivity index (χ4n) is 5.07. The number of H-pyrrole nitrogens is 1. The van der Waals surface area contributed by atoms with Gasteiger partial charge in [-0.15, -0.1) is 0 Å². The van der Waals surface area contributed by atoms with Crippen molar-refractivity contribution in [1.29, 1.82) is 0 Å². The Kier molecular flexibility index (Phi) is 8.77. The molecule has 1 unspecified atom stereocenters. The largest absolute Gasteiger partial charge is 0.416 e. The highest BCUT2D eigenvalue weighted by Crippen LogP contribution is 2.39. The Morgan fingerprint density at radius 3 is 2.45 bits per heavy atom. The third-order valence-electron chi connectivity index (χ3n) is 7.28. The summed E-state index contributed by atoms with van der Waals surface area (Å²) in [5.41, 5.74) is -3.42. The van der Waals surface area contributed by atoms with Gasteiger partial charge >= 0.3 is 11.9 Å². The highest BCUT2D eigenvalue weighted by molar-refractivity contribution is 7.91. The Balaban J connectivity index is 1.86. The first-order chi connectivity index (χ1) is 18.6. The zero-order chi connectivity index (χ0) is 29.6. The highest BCUT2D eigenvalue weighted by Gasteiger charge is 2.37. The minimum absolute atomic E-state index is 0.0561. The van der Waals surface area contributed by atoms with Crippen LogP contribution >= 0.6 is 23.2 Å². The molecule has 2 aromatic carbocycles. The third kappa shape index (κ3) is 6.11. The Hall–Kier alpha value is -2.38. The lowest BCUT2D eigenvalue weighted by Gasteiger charge is -2.36. The molecule has 1 atom stereocenters. The second-order valence-electron chi connectivity index (χ2n) is 10.1. The maximum Gasteiger partial charge on any atom is 0.416 e. The molecule has 1 aromatic heterocycles. The van der Waals surface area contributed by atoms with Gasteiger partial charge in [-0.3, -0.25) is 14.3 Å². The number of nitrogens with one attached hydrogen (secondary N) is 1. The predicted molar refractivity (Wildman–Crippen MR) is 149 cm³/mol. The van der Waals surface area contributed by atoms with Crippen LogP contribution in [0.15, 0.2) is 38.8 Å². The van der Waals surface area contributed by atoms with E-state index in [4.69, 9.17) is 23.2 Å². The average Bonchev–Trinajstić information content (AvgIpc) is 2.87. The van der Waals surface area contributed by atoms with Gasteiger partial charge < -0.3 is 9.88 Å². The van der Waals surface area contributed by atoms with Crippen molar-refractivity contribution in [2.45, 2.75) is 50.0 Å². The van der Waals surface area contributed by atoms with Crippen LogP contribution in [0.25, 0.3) is 10.9 Å². The molecular weight excluding hydrogens is 592 g/mol. The van der Waals surface area contributed by atoms with Gasteiger partial charge in [-0.1, -0.05) is 30.1 Å². The average molecular weight is 622 g/mol. The molecule has 2 heterocycles. The van der Waals surface area contributed by atoms with Gasteiger partial charge in [-0.05, 0) is 68.9 Å². The van der Waals surface area contributed by atoms with Crippen LogP contribution in [0.2, 0.25) is 10.0 Å². The quantitative estimate of drug-likeness (QED) is 0.421. The van der Waals surface area contributed by atoms with Gasteiger partial charge in [0.05, 0.1) is 38.7 Å². The van der Waals surface area contributed by atoms with E-state index < -0.39 is 44.8 Å². The van der Waals surface area contributed by atoms with E-state index >= 15 is 0 Å². The molecular formula is C26H29Cl2F3N4O4S. The number of benzene rings is 2. The number of likely N-dealkylation sites (N-methyl/N-ethyl adjacent to an activating group) is 1. The van der Waals surface area contributed by atoms with E-state index in [2.05, 4.69) is 4.98 Å². The Morgan fingerprint density at radius 2 is 1.82 bits per heavy atom. The van der Waals surface area contributed by atoms with Gasteiger partial charge in [0.2, 0.25) is 0 Å². The molecule has 40 heavy (non-hydrogen) atoms. The van der Waals surface area contributed by atoms with Gasteiger partial charge in [0.25, 0.3) is 5.56 Å². The minimum atomic E-state index is -4.83. The normalized spacial score (nSPS) is 17.2. The van der Waals surface area contributed by atoms with E-state index in [1.807, 2.05) is 23.9 Å². The molecule has 0 amide bonds. The van der Waals surface area contributed by atoms with Crippen molar-refractivity contribution in [1.82, 2.24) is 19.4 Å². The number of aromatic nitrogens is 2. The summed E-state index contributed by atoms with van der Waals surface area (Å²) in [6.45, 7) is 1.92. The van der Waals surface area contributed by atoms with Gasteiger partial charge in [0.15, 0.2) is 9.84 Å². The fraction of sp³-hybridized carbons (Fsp3) is 0.462. The number of sulfone groups is 1. The number of alkyl halides is 3. The van der Waals surface area contributed by atoms with Crippen molar-refractivity contribution < 1.29 is 21.6 Å². The Morgan fingerprint density at radius 1 is 1.12 bits per heavy atom. The molecule has 0 saturated carbocycles.